The molecule has 1 atom stereocenters. The largest absolute Gasteiger partial charge is 0.290 e. The van der Waals surface area contributed by atoms with Crippen molar-refractivity contribution in [1.82, 2.24) is 0 Å². The molecular formula is C16H19Cl2O. The third-order valence-electron chi connectivity index (χ3n) is 4.03. The summed E-state index contributed by atoms with van der Waals surface area (Å²) in [7, 11) is 0. The molecule has 19 heavy (non-hydrogen) atoms. The van der Waals surface area contributed by atoms with Gasteiger partial charge in [0.1, 0.15) is 0 Å². The van der Waals surface area contributed by atoms with Crippen molar-refractivity contribution >= 4 is 29.5 Å². The molecule has 0 saturated heterocycles. The highest BCUT2D eigenvalue weighted by molar-refractivity contribution is 6.42. The van der Waals surface area contributed by atoms with Crippen LogP contribution in [0, 0.1) is 5.92 Å². The van der Waals surface area contributed by atoms with Crippen molar-refractivity contribution in [3.05, 3.63) is 33.8 Å². The lowest BCUT2D eigenvalue weighted by molar-refractivity contribution is 0.410. The zero-order chi connectivity index (χ0) is 13.7. The minimum atomic E-state index is -0.169. The van der Waals surface area contributed by atoms with E-state index in [0.29, 0.717) is 16.0 Å². The van der Waals surface area contributed by atoms with Gasteiger partial charge in [-0.25, -0.2) is 0 Å². The first kappa shape index (κ1) is 14.9. The summed E-state index contributed by atoms with van der Waals surface area (Å²) in [6.07, 6.45) is 10.8. The van der Waals surface area contributed by atoms with Gasteiger partial charge in [0.2, 0.25) is 6.29 Å². The third-order valence-corrected chi connectivity index (χ3v) is 4.77. The molecule has 1 aliphatic carbocycles. The summed E-state index contributed by atoms with van der Waals surface area (Å²) in [6, 6.07) is 5.45. The van der Waals surface area contributed by atoms with Crippen LogP contribution in [0.3, 0.4) is 0 Å². The summed E-state index contributed by atoms with van der Waals surface area (Å²) in [5, 5.41) is 1.05. The van der Waals surface area contributed by atoms with Crippen molar-refractivity contribution in [2.45, 2.75) is 50.9 Å². The molecule has 1 radical (unpaired) electrons. The summed E-state index contributed by atoms with van der Waals surface area (Å²) < 4.78 is 0. The summed E-state index contributed by atoms with van der Waals surface area (Å²) in [6.45, 7) is 0. The number of carbonyl (C=O) groups excluding carboxylic acids is 1. The van der Waals surface area contributed by atoms with Crippen LogP contribution in [0.5, 0.6) is 0 Å². The topological polar surface area (TPSA) is 17.1 Å². The van der Waals surface area contributed by atoms with Gasteiger partial charge in [0, 0.05) is 0 Å². The Balaban J connectivity index is 2.06. The SMILES string of the molecule is O=[C]C(CC1CCCCCC1)c1ccc(Cl)c(Cl)c1. The standard InChI is InChI=1S/C16H19Cl2O/c17-15-8-7-13(10-16(15)18)14(11-19)9-12-5-3-1-2-4-6-12/h7-8,10,12,14H,1-6,9H2. The van der Waals surface area contributed by atoms with Gasteiger partial charge in [-0.15, -0.1) is 0 Å². The van der Waals surface area contributed by atoms with Gasteiger partial charge in [-0.2, -0.15) is 0 Å². The summed E-state index contributed by atoms with van der Waals surface area (Å²) in [5.41, 5.74) is 0.939. The molecule has 3 heteroatoms. The van der Waals surface area contributed by atoms with Crippen LogP contribution < -0.4 is 0 Å². The Hall–Kier alpha value is -0.530. The second kappa shape index (κ2) is 7.31. The van der Waals surface area contributed by atoms with E-state index in [0.717, 1.165) is 12.0 Å². The van der Waals surface area contributed by atoms with Crippen molar-refractivity contribution in [1.29, 1.82) is 0 Å². The number of benzene rings is 1. The Morgan fingerprint density at radius 1 is 1.11 bits per heavy atom. The zero-order valence-electron chi connectivity index (χ0n) is 11.0. The normalized spacial score (nSPS) is 18.8. The fourth-order valence-corrected chi connectivity index (χ4v) is 3.22. The highest BCUT2D eigenvalue weighted by Gasteiger charge is 2.20. The van der Waals surface area contributed by atoms with Crippen LogP contribution in [0.25, 0.3) is 0 Å². The predicted molar refractivity (Wildman–Crippen MR) is 80.7 cm³/mol. The molecule has 2 rings (SSSR count). The first-order valence-electron chi connectivity index (χ1n) is 7.03. The maximum Gasteiger partial charge on any atom is 0.206 e. The van der Waals surface area contributed by atoms with Gasteiger partial charge < -0.3 is 0 Å². The van der Waals surface area contributed by atoms with E-state index in [1.54, 1.807) is 12.1 Å². The molecular weight excluding hydrogens is 279 g/mol. The Bertz CT molecular complexity index is 423. The Morgan fingerprint density at radius 3 is 2.37 bits per heavy atom. The van der Waals surface area contributed by atoms with Crippen LogP contribution in [-0.4, -0.2) is 6.29 Å². The number of halogens is 2. The van der Waals surface area contributed by atoms with Gasteiger partial charge in [0.25, 0.3) is 0 Å². The third kappa shape index (κ3) is 4.22. The lowest BCUT2D eigenvalue weighted by Gasteiger charge is -2.18. The lowest BCUT2D eigenvalue weighted by atomic mass is 9.86. The van der Waals surface area contributed by atoms with Crippen LogP contribution >= 0.6 is 23.2 Å². The summed E-state index contributed by atoms with van der Waals surface area (Å²) in [5.74, 6) is 0.473. The van der Waals surface area contributed by atoms with E-state index in [2.05, 4.69) is 6.29 Å². The monoisotopic (exact) mass is 297 g/mol. The zero-order valence-corrected chi connectivity index (χ0v) is 12.5. The van der Waals surface area contributed by atoms with Crippen LogP contribution in [0.2, 0.25) is 10.0 Å². The maximum atomic E-state index is 11.3. The van der Waals surface area contributed by atoms with E-state index in [-0.39, 0.29) is 5.92 Å². The minimum Gasteiger partial charge on any atom is -0.290 e. The van der Waals surface area contributed by atoms with Gasteiger partial charge >= 0.3 is 0 Å². The van der Waals surface area contributed by atoms with Gasteiger partial charge in [-0.05, 0) is 30.0 Å². The molecule has 0 aromatic heterocycles. The first-order valence-corrected chi connectivity index (χ1v) is 7.79. The molecule has 0 bridgehead atoms. The van der Waals surface area contributed by atoms with Crippen LogP contribution in [0.1, 0.15) is 56.4 Å². The minimum absolute atomic E-state index is 0.169. The van der Waals surface area contributed by atoms with Crippen molar-refractivity contribution in [2.24, 2.45) is 5.92 Å². The second-order valence-electron chi connectivity index (χ2n) is 5.44. The molecule has 1 saturated carbocycles. The van der Waals surface area contributed by atoms with Crippen molar-refractivity contribution in [3.63, 3.8) is 0 Å². The number of rotatable bonds is 4. The Kier molecular flexibility index (Phi) is 5.72. The molecule has 103 valence electrons. The molecule has 1 aliphatic rings. The predicted octanol–water partition coefficient (Wildman–Crippen LogP) is 5.55. The fourth-order valence-electron chi connectivity index (χ4n) is 2.91. The first-order chi connectivity index (χ1) is 9.20. The van der Waals surface area contributed by atoms with E-state index in [4.69, 9.17) is 23.2 Å². The smallest absolute Gasteiger partial charge is 0.206 e. The van der Waals surface area contributed by atoms with Crippen molar-refractivity contribution in [3.8, 4) is 0 Å². The molecule has 1 unspecified atom stereocenters. The molecule has 1 aromatic rings. The maximum absolute atomic E-state index is 11.3. The van der Waals surface area contributed by atoms with Gasteiger partial charge in [-0.3, -0.25) is 4.79 Å². The van der Waals surface area contributed by atoms with E-state index >= 15 is 0 Å². The molecule has 0 spiro atoms. The lowest BCUT2D eigenvalue weighted by Crippen LogP contribution is -2.08. The Labute approximate surface area is 125 Å². The molecule has 1 fully saturated rings. The van der Waals surface area contributed by atoms with Crippen LogP contribution in [0.4, 0.5) is 0 Å². The Morgan fingerprint density at radius 2 is 1.79 bits per heavy atom. The molecule has 0 amide bonds. The summed E-state index contributed by atoms with van der Waals surface area (Å²) >= 11 is 11.9. The fraction of sp³-hybridized carbons (Fsp3) is 0.562. The van der Waals surface area contributed by atoms with Gasteiger partial charge in [-0.1, -0.05) is 67.8 Å². The van der Waals surface area contributed by atoms with E-state index in [1.807, 2.05) is 6.07 Å². The highest BCUT2D eigenvalue weighted by atomic mass is 35.5. The van der Waals surface area contributed by atoms with Crippen LogP contribution in [-0.2, 0) is 4.79 Å². The average Bonchev–Trinajstić information content (AvgIpc) is 2.68. The quantitative estimate of drug-likeness (QED) is 0.666. The van der Waals surface area contributed by atoms with Crippen molar-refractivity contribution < 1.29 is 4.79 Å². The highest BCUT2D eigenvalue weighted by Crippen LogP contribution is 2.33. The van der Waals surface area contributed by atoms with E-state index < -0.39 is 0 Å². The van der Waals surface area contributed by atoms with Gasteiger partial charge in [0.15, 0.2) is 0 Å². The summed E-state index contributed by atoms with van der Waals surface area (Å²) in [4.78, 5) is 11.3. The molecule has 1 aromatic carbocycles. The van der Waals surface area contributed by atoms with E-state index in [1.165, 1.54) is 38.5 Å². The second-order valence-corrected chi connectivity index (χ2v) is 6.25. The molecule has 1 nitrogen and oxygen atoms in total. The van der Waals surface area contributed by atoms with Gasteiger partial charge in [0.05, 0.1) is 16.0 Å². The molecule has 0 aliphatic heterocycles. The van der Waals surface area contributed by atoms with E-state index in [9.17, 15) is 4.79 Å². The van der Waals surface area contributed by atoms with Crippen molar-refractivity contribution in [2.75, 3.05) is 0 Å². The van der Waals surface area contributed by atoms with Crippen LogP contribution in [0.15, 0.2) is 18.2 Å². The number of hydrogen-bond donors (Lipinski definition) is 0. The average molecular weight is 298 g/mol. The number of hydrogen-bond acceptors (Lipinski definition) is 1. The molecule has 0 heterocycles. The molecule has 0 N–H and O–H groups in total.